The smallest absolute Gasteiger partial charge is 0.128 e. The number of nitrogens with zero attached hydrogens (tertiary/aromatic N) is 1. The van der Waals surface area contributed by atoms with Crippen LogP contribution in [0.2, 0.25) is 0 Å². The summed E-state index contributed by atoms with van der Waals surface area (Å²) in [5.74, 6) is 0.887. The van der Waals surface area contributed by atoms with Crippen LogP contribution in [0.25, 0.3) is 6.08 Å². The molecule has 3 rings (SSSR count). The number of hydrogen-bond donors (Lipinski definition) is 0. The Morgan fingerprint density at radius 3 is 3.00 bits per heavy atom. The molecule has 2 heteroatoms. The number of aliphatic imine (C=N–C) groups is 1. The second-order valence-electron chi connectivity index (χ2n) is 4.02. The summed E-state index contributed by atoms with van der Waals surface area (Å²) < 4.78 is 5.48. The Morgan fingerprint density at radius 1 is 1.24 bits per heavy atom. The first-order chi connectivity index (χ1) is 8.38. The van der Waals surface area contributed by atoms with Gasteiger partial charge in [-0.2, -0.15) is 0 Å². The average molecular weight is 223 g/mol. The minimum absolute atomic E-state index is 0.887. The van der Waals surface area contributed by atoms with Gasteiger partial charge in [0.15, 0.2) is 0 Å². The van der Waals surface area contributed by atoms with Gasteiger partial charge in [-0.05, 0) is 24.6 Å². The van der Waals surface area contributed by atoms with Crippen LogP contribution in [0, 0.1) is 0 Å². The Balaban J connectivity index is 2.25. The molecule has 84 valence electrons. The first-order valence-electron chi connectivity index (χ1n) is 5.69. The van der Waals surface area contributed by atoms with Crippen LogP contribution in [0.15, 0.2) is 58.8 Å². The molecule has 17 heavy (non-hydrogen) atoms. The molecule has 0 radical (unpaired) electrons. The van der Waals surface area contributed by atoms with Crippen LogP contribution < -0.4 is 0 Å². The molecule has 0 N–H and O–H groups in total. The molecule has 0 atom stereocenters. The van der Waals surface area contributed by atoms with Crippen LogP contribution in [-0.4, -0.2) is 12.8 Å². The molecule has 0 bridgehead atoms. The summed E-state index contributed by atoms with van der Waals surface area (Å²) in [6.07, 6.45) is 9.32. The molecule has 1 aromatic rings. The first kappa shape index (κ1) is 10.1. The van der Waals surface area contributed by atoms with Gasteiger partial charge < -0.3 is 4.74 Å². The summed E-state index contributed by atoms with van der Waals surface area (Å²) >= 11 is 0. The van der Waals surface area contributed by atoms with Gasteiger partial charge in [0.1, 0.15) is 5.76 Å². The molecule has 2 nitrogen and oxygen atoms in total. The van der Waals surface area contributed by atoms with Gasteiger partial charge in [0.2, 0.25) is 0 Å². The SMILES string of the molecule is COC1=Cc2ccccc2N=C2C=CCC=C12. The quantitative estimate of drug-likeness (QED) is 0.712. The van der Waals surface area contributed by atoms with Gasteiger partial charge in [-0.25, -0.2) is 4.99 Å². The predicted molar refractivity (Wildman–Crippen MR) is 70.4 cm³/mol. The van der Waals surface area contributed by atoms with Crippen molar-refractivity contribution in [3.05, 3.63) is 59.4 Å². The highest BCUT2D eigenvalue weighted by molar-refractivity contribution is 6.14. The number of allylic oxidation sites excluding steroid dienone is 4. The fraction of sp³-hybridized carbons (Fsp3) is 0.133. The highest BCUT2D eigenvalue weighted by Gasteiger charge is 2.17. The molecule has 1 aliphatic heterocycles. The number of benzene rings is 1. The molecule has 0 fully saturated rings. The minimum Gasteiger partial charge on any atom is -0.496 e. The van der Waals surface area contributed by atoms with Gasteiger partial charge in [0.05, 0.1) is 18.5 Å². The molecule has 0 unspecified atom stereocenters. The number of para-hydroxylation sites is 1. The number of methoxy groups -OCH3 is 1. The lowest BCUT2D eigenvalue weighted by atomic mass is 10.0. The van der Waals surface area contributed by atoms with Gasteiger partial charge in [-0.3, -0.25) is 0 Å². The second kappa shape index (κ2) is 4.06. The van der Waals surface area contributed by atoms with Crippen LogP contribution >= 0.6 is 0 Å². The lowest BCUT2D eigenvalue weighted by Crippen LogP contribution is -2.05. The molecule has 2 aliphatic rings. The first-order valence-corrected chi connectivity index (χ1v) is 5.69. The van der Waals surface area contributed by atoms with E-state index in [0.29, 0.717) is 0 Å². The van der Waals surface area contributed by atoms with E-state index in [1.165, 1.54) is 0 Å². The maximum Gasteiger partial charge on any atom is 0.128 e. The Morgan fingerprint density at radius 2 is 2.12 bits per heavy atom. The molecule has 1 aliphatic carbocycles. The number of rotatable bonds is 1. The van der Waals surface area contributed by atoms with Gasteiger partial charge in [-0.15, -0.1) is 0 Å². The molecule has 0 saturated carbocycles. The van der Waals surface area contributed by atoms with Crippen molar-refractivity contribution in [1.29, 1.82) is 0 Å². The number of fused-ring (bicyclic) bond motifs is 2. The summed E-state index contributed by atoms with van der Waals surface area (Å²) in [5, 5.41) is 0. The van der Waals surface area contributed by atoms with E-state index in [4.69, 9.17) is 4.74 Å². The summed E-state index contributed by atoms with van der Waals surface area (Å²) in [6.45, 7) is 0. The van der Waals surface area contributed by atoms with Crippen LogP contribution in [0.5, 0.6) is 0 Å². The summed E-state index contributed by atoms with van der Waals surface area (Å²) in [7, 11) is 1.70. The van der Waals surface area contributed by atoms with Crippen LogP contribution in [0.3, 0.4) is 0 Å². The van der Waals surface area contributed by atoms with Gasteiger partial charge in [-0.1, -0.05) is 30.4 Å². The monoisotopic (exact) mass is 223 g/mol. The topological polar surface area (TPSA) is 21.6 Å². The lowest BCUT2D eigenvalue weighted by Gasteiger charge is -2.12. The van der Waals surface area contributed by atoms with Crippen LogP contribution in [0.4, 0.5) is 5.69 Å². The zero-order valence-corrected chi connectivity index (χ0v) is 9.68. The molecule has 0 aromatic heterocycles. The lowest BCUT2D eigenvalue weighted by molar-refractivity contribution is 0.307. The normalized spacial score (nSPS) is 17.1. The van der Waals surface area contributed by atoms with Crippen molar-refractivity contribution in [1.82, 2.24) is 0 Å². The Labute approximate surface area is 101 Å². The Bertz CT molecular complexity index is 576. The number of hydrogen-bond acceptors (Lipinski definition) is 2. The van der Waals surface area contributed by atoms with E-state index in [-0.39, 0.29) is 0 Å². The van der Waals surface area contributed by atoms with Crippen molar-refractivity contribution in [2.75, 3.05) is 7.11 Å². The fourth-order valence-corrected chi connectivity index (χ4v) is 2.11. The van der Waals surface area contributed by atoms with Crippen molar-refractivity contribution in [2.45, 2.75) is 6.42 Å². The van der Waals surface area contributed by atoms with E-state index in [9.17, 15) is 0 Å². The standard InChI is InChI=1S/C15H13NO/c1-17-15-10-11-6-2-4-8-13(11)16-14-9-5-3-7-12(14)15/h2,4-10H,3H2,1H3. The summed E-state index contributed by atoms with van der Waals surface area (Å²) in [6, 6.07) is 8.10. The molecule has 1 aromatic carbocycles. The molecule has 1 heterocycles. The maximum absolute atomic E-state index is 5.48. The predicted octanol–water partition coefficient (Wildman–Crippen LogP) is 3.65. The van der Waals surface area contributed by atoms with E-state index in [1.54, 1.807) is 7.11 Å². The van der Waals surface area contributed by atoms with Crippen molar-refractivity contribution >= 4 is 17.5 Å². The third-order valence-corrected chi connectivity index (χ3v) is 2.96. The summed E-state index contributed by atoms with van der Waals surface area (Å²) in [4.78, 5) is 4.69. The van der Waals surface area contributed by atoms with Crippen LogP contribution in [0.1, 0.15) is 12.0 Å². The molecule has 0 saturated heterocycles. The summed E-state index contributed by atoms with van der Waals surface area (Å²) in [5.41, 5.74) is 4.16. The molecule has 0 amide bonds. The van der Waals surface area contributed by atoms with E-state index < -0.39 is 0 Å². The van der Waals surface area contributed by atoms with Crippen molar-refractivity contribution < 1.29 is 4.74 Å². The van der Waals surface area contributed by atoms with E-state index in [0.717, 1.165) is 34.7 Å². The Kier molecular flexibility index (Phi) is 2.41. The molecular weight excluding hydrogens is 210 g/mol. The van der Waals surface area contributed by atoms with Gasteiger partial charge in [0.25, 0.3) is 0 Å². The molecular formula is C15H13NO. The zero-order chi connectivity index (χ0) is 11.7. The van der Waals surface area contributed by atoms with Gasteiger partial charge >= 0.3 is 0 Å². The zero-order valence-electron chi connectivity index (χ0n) is 9.68. The largest absolute Gasteiger partial charge is 0.496 e. The Hall–Kier alpha value is -2.09. The highest BCUT2D eigenvalue weighted by Crippen LogP contribution is 2.31. The third kappa shape index (κ3) is 1.72. The fourth-order valence-electron chi connectivity index (χ4n) is 2.11. The molecule has 0 spiro atoms. The maximum atomic E-state index is 5.48. The van der Waals surface area contributed by atoms with Crippen molar-refractivity contribution in [2.24, 2.45) is 4.99 Å². The highest BCUT2D eigenvalue weighted by atomic mass is 16.5. The van der Waals surface area contributed by atoms with Gasteiger partial charge in [0, 0.05) is 11.1 Å². The second-order valence-corrected chi connectivity index (χ2v) is 4.02. The third-order valence-electron chi connectivity index (χ3n) is 2.96. The average Bonchev–Trinajstić information content (AvgIpc) is 2.54. The van der Waals surface area contributed by atoms with E-state index in [1.807, 2.05) is 18.2 Å². The number of ether oxygens (including phenoxy) is 1. The van der Waals surface area contributed by atoms with Crippen LogP contribution in [-0.2, 0) is 4.74 Å². The van der Waals surface area contributed by atoms with Crippen molar-refractivity contribution in [3.8, 4) is 0 Å². The van der Waals surface area contributed by atoms with E-state index >= 15 is 0 Å². The van der Waals surface area contributed by atoms with E-state index in [2.05, 4.69) is 35.4 Å². The van der Waals surface area contributed by atoms with Crippen molar-refractivity contribution in [3.63, 3.8) is 0 Å². The minimum atomic E-state index is 0.887.